The number of fused-ring (bicyclic) bond motifs is 1. The van der Waals surface area contributed by atoms with Crippen molar-refractivity contribution in [2.24, 2.45) is 0 Å². The minimum atomic E-state index is -0.00336. The number of aryl methyl sites for hydroxylation is 3. The quantitative estimate of drug-likeness (QED) is 0.770. The van der Waals surface area contributed by atoms with Crippen LogP contribution in [0.4, 0.5) is 5.82 Å². The molecule has 1 unspecified atom stereocenters. The molecule has 0 fully saturated rings. The number of benzene rings is 1. The molecular formula is C19H21N5OS. The molecule has 0 saturated carbocycles. The van der Waals surface area contributed by atoms with E-state index in [1.54, 1.807) is 11.8 Å². The Labute approximate surface area is 156 Å². The fraction of sp³-hybridized carbons (Fsp3) is 0.316. The van der Waals surface area contributed by atoms with Crippen molar-refractivity contribution in [3.63, 3.8) is 0 Å². The lowest BCUT2D eigenvalue weighted by atomic mass is 10.1. The van der Waals surface area contributed by atoms with Crippen LogP contribution >= 0.6 is 11.8 Å². The van der Waals surface area contributed by atoms with E-state index in [0.717, 1.165) is 40.6 Å². The van der Waals surface area contributed by atoms with Crippen molar-refractivity contribution in [1.82, 2.24) is 19.6 Å². The maximum Gasteiger partial charge on any atom is 0.235 e. The molecule has 0 saturated heterocycles. The van der Waals surface area contributed by atoms with Crippen molar-refractivity contribution in [3.05, 3.63) is 59.0 Å². The highest BCUT2D eigenvalue weighted by Gasteiger charge is 2.32. The first-order valence-corrected chi connectivity index (χ1v) is 9.73. The van der Waals surface area contributed by atoms with Gasteiger partial charge >= 0.3 is 0 Å². The predicted octanol–water partition coefficient (Wildman–Crippen LogP) is 3.48. The lowest BCUT2D eigenvalue weighted by Gasteiger charge is -2.14. The Hall–Kier alpha value is -2.54. The molecule has 7 heteroatoms. The molecule has 134 valence electrons. The van der Waals surface area contributed by atoms with Gasteiger partial charge in [0.05, 0.1) is 28.1 Å². The third-order valence-corrected chi connectivity index (χ3v) is 5.85. The Bertz CT molecular complexity index is 960. The molecule has 0 aliphatic carbocycles. The van der Waals surface area contributed by atoms with Crippen LogP contribution in [-0.2, 0) is 11.3 Å². The maximum absolute atomic E-state index is 12.4. The molecule has 1 aromatic carbocycles. The van der Waals surface area contributed by atoms with Crippen LogP contribution < -0.4 is 5.32 Å². The minimum absolute atomic E-state index is 0.00336. The summed E-state index contributed by atoms with van der Waals surface area (Å²) < 4.78 is 3.78. The monoisotopic (exact) mass is 367 g/mol. The number of anilines is 1. The number of hydrogen-bond donors (Lipinski definition) is 1. The number of amides is 1. The number of hydrogen-bond acceptors (Lipinski definition) is 4. The summed E-state index contributed by atoms with van der Waals surface area (Å²) in [4.78, 5) is 12.4. The number of nitrogens with one attached hydrogen (secondary N) is 1. The number of nitrogens with zero attached hydrogens (tertiary/aromatic N) is 4. The van der Waals surface area contributed by atoms with E-state index < -0.39 is 0 Å². The Morgan fingerprint density at radius 2 is 1.96 bits per heavy atom. The van der Waals surface area contributed by atoms with Crippen LogP contribution in [-0.4, -0.2) is 31.2 Å². The molecule has 4 rings (SSSR count). The van der Waals surface area contributed by atoms with Gasteiger partial charge in [-0.15, -0.1) is 11.8 Å². The predicted molar refractivity (Wildman–Crippen MR) is 104 cm³/mol. The van der Waals surface area contributed by atoms with E-state index in [1.165, 1.54) is 0 Å². The second kappa shape index (κ2) is 6.64. The molecule has 1 atom stereocenters. The standard InChI is InChI=1S/C19H21N5OS/c1-4-23-10-15(12(2)21-23)18-17-13(3)22-24(14-8-6-5-7-9-14)19(17)20-16(25)11-26-18/h5-10,18H,4,11H2,1-3H3,(H,20,25). The van der Waals surface area contributed by atoms with Crippen molar-refractivity contribution in [3.8, 4) is 5.69 Å². The van der Waals surface area contributed by atoms with Gasteiger partial charge in [0.2, 0.25) is 5.91 Å². The first kappa shape index (κ1) is 16.9. The summed E-state index contributed by atoms with van der Waals surface area (Å²) in [6, 6.07) is 9.90. The second-order valence-electron chi connectivity index (χ2n) is 6.36. The lowest BCUT2D eigenvalue weighted by molar-refractivity contribution is -0.113. The molecular weight excluding hydrogens is 346 g/mol. The van der Waals surface area contributed by atoms with Crippen molar-refractivity contribution < 1.29 is 4.79 Å². The summed E-state index contributed by atoms with van der Waals surface area (Å²) in [6.07, 6.45) is 2.09. The average molecular weight is 367 g/mol. The number of thioether (sulfide) groups is 1. The SMILES string of the molecule is CCn1cc(C2SCC(=O)Nc3c2c(C)nn3-c2ccccc2)c(C)n1. The molecule has 26 heavy (non-hydrogen) atoms. The number of para-hydroxylation sites is 1. The molecule has 0 spiro atoms. The molecule has 1 N–H and O–H groups in total. The van der Waals surface area contributed by atoms with Gasteiger partial charge in [0.15, 0.2) is 0 Å². The normalized spacial score (nSPS) is 16.9. The largest absolute Gasteiger partial charge is 0.310 e. The lowest BCUT2D eigenvalue weighted by Crippen LogP contribution is -2.15. The van der Waals surface area contributed by atoms with Crippen LogP contribution in [0.25, 0.3) is 5.69 Å². The van der Waals surface area contributed by atoms with E-state index in [-0.39, 0.29) is 11.2 Å². The van der Waals surface area contributed by atoms with E-state index in [0.29, 0.717) is 5.75 Å². The number of aromatic nitrogens is 4. The molecule has 3 aromatic rings. The van der Waals surface area contributed by atoms with Crippen LogP contribution in [0.3, 0.4) is 0 Å². The molecule has 1 aliphatic rings. The van der Waals surface area contributed by atoms with E-state index in [9.17, 15) is 4.79 Å². The van der Waals surface area contributed by atoms with Crippen molar-refractivity contribution >= 4 is 23.5 Å². The zero-order valence-corrected chi connectivity index (χ0v) is 15.9. The highest BCUT2D eigenvalue weighted by Crippen LogP contribution is 2.44. The third-order valence-electron chi connectivity index (χ3n) is 4.60. The second-order valence-corrected chi connectivity index (χ2v) is 7.45. The topological polar surface area (TPSA) is 64.7 Å². The summed E-state index contributed by atoms with van der Waals surface area (Å²) in [7, 11) is 0. The minimum Gasteiger partial charge on any atom is -0.310 e. The Kier molecular flexibility index (Phi) is 4.32. The summed E-state index contributed by atoms with van der Waals surface area (Å²) in [5, 5.41) is 12.4. The smallest absolute Gasteiger partial charge is 0.235 e. The highest BCUT2D eigenvalue weighted by molar-refractivity contribution is 8.00. The zero-order valence-electron chi connectivity index (χ0n) is 15.1. The van der Waals surface area contributed by atoms with Gasteiger partial charge in [0.1, 0.15) is 5.82 Å². The van der Waals surface area contributed by atoms with Crippen molar-refractivity contribution in [1.29, 1.82) is 0 Å². The fourth-order valence-corrected chi connectivity index (χ4v) is 4.59. The first-order valence-electron chi connectivity index (χ1n) is 8.68. The van der Waals surface area contributed by atoms with Gasteiger partial charge in [-0.25, -0.2) is 4.68 Å². The van der Waals surface area contributed by atoms with Crippen LogP contribution in [0.2, 0.25) is 0 Å². The van der Waals surface area contributed by atoms with Crippen molar-refractivity contribution in [2.75, 3.05) is 11.1 Å². The molecule has 6 nitrogen and oxygen atoms in total. The van der Waals surface area contributed by atoms with Gasteiger partial charge in [-0.2, -0.15) is 10.2 Å². The Balaban J connectivity index is 1.89. The molecule has 0 bridgehead atoms. The van der Waals surface area contributed by atoms with E-state index in [2.05, 4.69) is 23.5 Å². The van der Waals surface area contributed by atoms with Gasteiger partial charge in [-0.3, -0.25) is 9.48 Å². The summed E-state index contributed by atoms with van der Waals surface area (Å²) in [5.41, 5.74) is 5.06. The van der Waals surface area contributed by atoms with Crippen LogP contribution in [0.5, 0.6) is 0 Å². The van der Waals surface area contributed by atoms with Crippen LogP contribution in [0.15, 0.2) is 36.5 Å². The molecule has 1 aliphatic heterocycles. The van der Waals surface area contributed by atoms with Crippen molar-refractivity contribution in [2.45, 2.75) is 32.6 Å². The molecule has 0 radical (unpaired) electrons. The summed E-state index contributed by atoms with van der Waals surface area (Å²) >= 11 is 1.63. The molecule has 2 aromatic heterocycles. The third kappa shape index (κ3) is 2.82. The Morgan fingerprint density at radius 1 is 1.19 bits per heavy atom. The van der Waals surface area contributed by atoms with Crippen LogP contribution in [0, 0.1) is 13.8 Å². The van der Waals surface area contributed by atoms with Gasteiger partial charge in [0, 0.05) is 23.9 Å². The highest BCUT2D eigenvalue weighted by atomic mass is 32.2. The fourth-order valence-electron chi connectivity index (χ4n) is 3.34. The number of rotatable bonds is 3. The first-order chi connectivity index (χ1) is 12.6. The van der Waals surface area contributed by atoms with Crippen LogP contribution in [0.1, 0.15) is 34.7 Å². The summed E-state index contributed by atoms with van der Waals surface area (Å²) in [5.74, 6) is 1.17. The zero-order chi connectivity index (χ0) is 18.3. The number of carbonyl (C=O) groups is 1. The van der Waals surface area contributed by atoms with E-state index in [4.69, 9.17) is 5.10 Å². The van der Waals surface area contributed by atoms with Gasteiger partial charge in [-0.05, 0) is 32.9 Å². The van der Waals surface area contributed by atoms with Gasteiger partial charge in [-0.1, -0.05) is 18.2 Å². The van der Waals surface area contributed by atoms with E-state index in [1.807, 2.05) is 53.5 Å². The average Bonchev–Trinajstić information content (AvgIpc) is 3.11. The molecule has 3 heterocycles. The van der Waals surface area contributed by atoms with Gasteiger partial charge < -0.3 is 5.32 Å². The maximum atomic E-state index is 12.4. The summed E-state index contributed by atoms with van der Waals surface area (Å²) in [6.45, 7) is 6.93. The Morgan fingerprint density at radius 3 is 2.65 bits per heavy atom. The molecule has 1 amide bonds. The number of carbonyl (C=O) groups excluding carboxylic acids is 1. The van der Waals surface area contributed by atoms with Gasteiger partial charge in [0.25, 0.3) is 0 Å². The van der Waals surface area contributed by atoms with E-state index >= 15 is 0 Å².